The molecule has 3 heteroatoms. The molecule has 0 bridgehead atoms. The first-order valence-electron chi connectivity index (χ1n) is 5.79. The van der Waals surface area contributed by atoms with Crippen LogP contribution in [0.2, 0.25) is 0 Å². The van der Waals surface area contributed by atoms with Crippen LogP contribution in [0.4, 0.5) is 0 Å². The fraction of sp³-hybridized carbons (Fsp3) is 0.909. The second-order valence-corrected chi connectivity index (χ2v) is 4.12. The Morgan fingerprint density at radius 2 is 2.36 bits per heavy atom. The molecule has 2 unspecified atom stereocenters. The first-order valence-corrected chi connectivity index (χ1v) is 5.79. The summed E-state index contributed by atoms with van der Waals surface area (Å²) < 4.78 is 0. The van der Waals surface area contributed by atoms with Crippen LogP contribution in [-0.4, -0.2) is 24.5 Å². The van der Waals surface area contributed by atoms with E-state index in [4.69, 9.17) is 0 Å². The molecule has 14 heavy (non-hydrogen) atoms. The Hall–Kier alpha value is -0.570. The second kappa shape index (κ2) is 6.02. The number of nitrogens with one attached hydrogen (secondary N) is 2. The molecule has 0 aliphatic carbocycles. The number of hydrogen-bond donors (Lipinski definition) is 2. The molecule has 1 aliphatic rings. The van der Waals surface area contributed by atoms with Crippen molar-refractivity contribution in [2.45, 2.75) is 58.0 Å². The molecule has 1 aliphatic heterocycles. The highest BCUT2D eigenvalue weighted by molar-refractivity contribution is 5.78. The van der Waals surface area contributed by atoms with E-state index in [2.05, 4.69) is 24.5 Å². The van der Waals surface area contributed by atoms with Gasteiger partial charge in [0, 0.05) is 25.0 Å². The Kier molecular flexibility index (Phi) is 4.94. The van der Waals surface area contributed by atoms with Crippen LogP contribution in [-0.2, 0) is 4.79 Å². The molecule has 1 fully saturated rings. The van der Waals surface area contributed by atoms with Crippen molar-refractivity contribution in [1.29, 1.82) is 0 Å². The molecule has 2 atom stereocenters. The highest BCUT2D eigenvalue weighted by Crippen LogP contribution is 2.08. The van der Waals surface area contributed by atoms with Gasteiger partial charge in [-0.1, -0.05) is 26.7 Å². The maximum absolute atomic E-state index is 11.0. The van der Waals surface area contributed by atoms with E-state index in [1.165, 1.54) is 19.3 Å². The van der Waals surface area contributed by atoms with Gasteiger partial charge >= 0.3 is 0 Å². The van der Waals surface area contributed by atoms with E-state index >= 15 is 0 Å². The quantitative estimate of drug-likeness (QED) is 0.678. The molecule has 0 radical (unpaired) electrons. The largest absolute Gasteiger partial charge is 0.354 e. The minimum Gasteiger partial charge on any atom is -0.354 e. The van der Waals surface area contributed by atoms with E-state index in [1.54, 1.807) is 0 Å². The van der Waals surface area contributed by atoms with Crippen LogP contribution < -0.4 is 10.6 Å². The number of amides is 1. The Morgan fingerprint density at radius 3 is 2.86 bits per heavy atom. The lowest BCUT2D eigenvalue weighted by Gasteiger charge is -2.20. The fourth-order valence-corrected chi connectivity index (χ4v) is 1.91. The van der Waals surface area contributed by atoms with Crippen LogP contribution in [0.25, 0.3) is 0 Å². The van der Waals surface area contributed by atoms with Gasteiger partial charge in [-0.2, -0.15) is 0 Å². The number of carbonyl (C=O) groups is 1. The SMILES string of the molecule is CCCCC(CC)NC1CNC(=O)C1. The molecule has 0 aromatic heterocycles. The molecule has 1 heterocycles. The normalized spacial score (nSPS) is 23.6. The molecular weight excluding hydrogens is 176 g/mol. The highest BCUT2D eigenvalue weighted by Gasteiger charge is 2.22. The van der Waals surface area contributed by atoms with Gasteiger partial charge in [0.25, 0.3) is 0 Å². The first-order chi connectivity index (χ1) is 6.76. The van der Waals surface area contributed by atoms with Gasteiger partial charge in [-0.3, -0.25) is 4.79 Å². The van der Waals surface area contributed by atoms with Gasteiger partial charge in [0.05, 0.1) is 0 Å². The molecule has 1 rings (SSSR count). The predicted molar refractivity (Wildman–Crippen MR) is 58.2 cm³/mol. The summed E-state index contributed by atoms with van der Waals surface area (Å²) in [7, 11) is 0. The molecule has 0 aromatic rings. The zero-order chi connectivity index (χ0) is 10.4. The second-order valence-electron chi connectivity index (χ2n) is 4.12. The van der Waals surface area contributed by atoms with Gasteiger partial charge < -0.3 is 10.6 Å². The smallest absolute Gasteiger partial charge is 0.221 e. The third kappa shape index (κ3) is 3.66. The van der Waals surface area contributed by atoms with Gasteiger partial charge in [-0.15, -0.1) is 0 Å². The number of carbonyl (C=O) groups excluding carboxylic acids is 1. The summed E-state index contributed by atoms with van der Waals surface area (Å²) in [6.45, 7) is 5.23. The Labute approximate surface area is 86.6 Å². The summed E-state index contributed by atoms with van der Waals surface area (Å²) in [5, 5.41) is 6.40. The van der Waals surface area contributed by atoms with Crippen molar-refractivity contribution >= 4 is 5.91 Å². The van der Waals surface area contributed by atoms with Crippen LogP contribution in [0.3, 0.4) is 0 Å². The van der Waals surface area contributed by atoms with Crippen LogP contribution in [0.1, 0.15) is 46.0 Å². The molecule has 0 saturated carbocycles. The van der Waals surface area contributed by atoms with E-state index in [1.807, 2.05) is 0 Å². The van der Waals surface area contributed by atoms with Crippen LogP contribution in [0.15, 0.2) is 0 Å². The van der Waals surface area contributed by atoms with Gasteiger partial charge in [0.1, 0.15) is 0 Å². The van der Waals surface area contributed by atoms with Crippen LogP contribution in [0, 0.1) is 0 Å². The van der Waals surface area contributed by atoms with E-state index in [9.17, 15) is 4.79 Å². The summed E-state index contributed by atoms with van der Waals surface area (Å²) in [5.41, 5.74) is 0. The van der Waals surface area contributed by atoms with Crippen molar-refractivity contribution in [1.82, 2.24) is 10.6 Å². The molecule has 2 N–H and O–H groups in total. The predicted octanol–water partition coefficient (Wildman–Crippen LogP) is 1.43. The Bertz CT molecular complexity index is 182. The maximum atomic E-state index is 11.0. The van der Waals surface area contributed by atoms with Gasteiger partial charge in [-0.25, -0.2) is 0 Å². The van der Waals surface area contributed by atoms with Crippen LogP contribution >= 0.6 is 0 Å². The lowest BCUT2D eigenvalue weighted by molar-refractivity contribution is -0.119. The molecule has 1 saturated heterocycles. The highest BCUT2D eigenvalue weighted by atomic mass is 16.1. The average molecular weight is 198 g/mol. The van der Waals surface area contributed by atoms with Crippen molar-refractivity contribution < 1.29 is 4.79 Å². The molecule has 1 amide bonds. The van der Waals surface area contributed by atoms with E-state index in [-0.39, 0.29) is 5.91 Å². The molecule has 3 nitrogen and oxygen atoms in total. The lowest BCUT2D eigenvalue weighted by atomic mass is 10.1. The standard InChI is InChI=1S/C11H22N2O/c1-3-5-6-9(4-2)13-10-7-11(14)12-8-10/h9-10,13H,3-8H2,1-2H3,(H,12,14). The third-order valence-corrected chi connectivity index (χ3v) is 2.85. The summed E-state index contributed by atoms with van der Waals surface area (Å²) >= 11 is 0. The fourth-order valence-electron chi connectivity index (χ4n) is 1.91. The number of unbranched alkanes of at least 4 members (excludes halogenated alkanes) is 1. The summed E-state index contributed by atoms with van der Waals surface area (Å²) in [5.74, 6) is 0.188. The summed E-state index contributed by atoms with van der Waals surface area (Å²) in [4.78, 5) is 11.0. The topological polar surface area (TPSA) is 41.1 Å². The van der Waals surface area contributed by atoms with Crippen molar-refractivity contribution in [3.8, 4) is 0 Å². The third-order valence-electron chi connectivity index (χ3n) is 2.85. The van der Waals surface area contributed by atoms with Gasteiger partial charge in [-0.05, 0) is 12.8 Å². The monoisotopic (exact) mass is 198 g/mol. The molecule has 82 valence electrons. The molecule has 0 aromatic carbocycles. The van der Waals surface area contributed by atoms with Crippen LogP contribution in [0.5, 0.6) is 0 Å². The van der Waals surface area contributed by atoms with E-state index < -0.39 is 0 Å². The average Bonchev–Trinajstić information content (AvgIpc) is 2.58. The maximum Gasteiger partial charge on any atom is 0.221 e. The van der Waals surface area contributed by atoms with Gasteiger partial charge in [0.15, 0.2) is 0 Å². The zero-order valence-electron chi connectivity index (χ0n) is 9.31. The molecule has 0 spiro atoms. The summed E-state index contributed by atoms with van der Waals surface area (Å²) in [6, 6.07) is 0.956. The number of rotatable bonds is 6. The van der Waals surface area contributed by atoms with E-state index in [0.29, 0.717) is 18.5 Å². The number of hydrogen-bond acceptors (Lipinski definition) is 2. The Balaban J connectivity index is 2.22. The minimum absolute atomic E-state index is 0.188. The van der Waals surface area contributed by atoms with E-state index in [0.717, 1.165) is 13.0 Å². The van der Waals surface area contributed by atoms with Crippen molar-refractivity contribution in [2.75, 3.05) is 6.54 Å². The van der Waals surface area contributed by atoms with Crippen molar-refractivity contribution in [3.05, 3.63) is 0 Å². The zero-order valence-corrected chi connectivity index (χ0v) is 9.31. The van der Waals surface area contributed by atoms with Crippen molar-refractivity contribution in [3.63, 3.8) is 0 Å². The first kappa shape index (κ1) is 11.5. The lowest BCUT2D eigenvalue weighted by Crippen LogP contribution is -2.39. The minimum atomic E-state index is 0.188. The van der Waals surface area contributed by atoms with Crippen molar-refractivity contribution in [2.24, 2.45) is 0 Å². The van der Waals surface area contributed by atoms with Gasteiger partial charge in [0.2, 0.25) is 5.91 Å². The Morgan fingerprint density at radius 1 is 1.57 bits per heavy atom. The molecular formula is C11H22N2O. The summed E-state index contributed by atoms with van der Waals surface area (Å²) in [6.07, 6.45) is 5.57.